The van der Waals surface area contributed by atoms with Crippen molar-refractivity contribution in [2.24, 2.45) is 0 Å². The summed E-state index contributed by atoms with van der Waals surface area (Å²) in [7, 11) is 0. The van der Waals surface area contributed by atoms with Gasteiger partial charge in [0.15, 0.2) is 0 Å². The third-order valence-corrected chi connectivity index (χ3v) is 4.57. The molecule has 1 fully saturated rings. The second kappa shape index (κ2) is 5.89. The van der Waals surface area contributed by atoms with Crippen molar-refractivity contribution in [3.8, 4) is 0 Å². The third-order valence-electron chi connectivity index (χ3n) is 3.84. The molecule has 0 spiro atoms. The summed E-state index contributed by atoms with van der Waals surface area (Å²) in [6.45, 7) is 3.25. The van der Waals surface area contributed by atoms with E-state index in [-0.39, 0.29) is 0 Å². The maximum atomic E-state index is 3.69. The molecule has 3 rings (SSSR count). The van der Waals surface area contributed by atoms with E-state index in [0.717, 1.165) is 19.0 Å². The van der Waals surface area contributed by atoms with Gasteiger partial charge in [-0.3, -0.25) is 0 Å². The van der Waals surface area contributed by atoms with Gasteiger partial charge in [0.2, 0.25) is 0 Å². The maximum absolute atomic E-state index is 3.69. The summed E-state index contributed by atoms with van der Waals surface area (Å²) in [6.07, 6.45) is 3.87. The molecule has 0 radical (unpaired) electrons. The summed E-state index contributed by atoms with van der Waals surface area (Å²) in [6, 6.07) is 12.1. The van der Waals surface area contributed by atoms with Gasteiger partial charge in [-0.15, -0.1) is 0 Å². The molecule has 1 N–H and O–H groups in total. The molecule has 19 heavy (non-hydrogen) atoms. The molecule has 0 saturated heterocycles. The summed E-state index contributed by atoms with van der Waals surface area (Å²) in [5.41, 5.74) is 4.27. The van der Waals surface area contributed by atoms with Crippen LogP contribution in [0.5, 0.6) is 0 Å². The Morgan fingerprint density at radius 2 is 2.00 bits per heavy atom. The van der Waals surface area contributed by atoms with Crippen LogP contribution < -0.4 is 5.32 Å². The summed E-state index contributed by atoms with van der Waals surface area (Å²) in [5, 5.41) is 8.14. The zero-order valence-corrected chi connectivity index (χ0v) is 12.2. The minimum Gasteiger partial charge on any atom is -0.313 e. The molecular weight excluding hydrogens is 250 g/mol. The summed E-state index contributed by atoms with van der Waals surface area (Å²) < 4.78 is 0. The van der Waals surface area contributed by atoms with E-state index in [2.05, 4.69) is 53.3 Å². The summed E-state index contributed by atoms with van der Waals surface area (Å²) >= 11 is 1.80. The minimum atomic E-state index is 0.593. The van der Waals surface area contributed by atoms with Crippen molar-refractivity contribution in [3.05, 3.63) is 57.8 Å². The fraction of sp³-hybridized carbons (Fsp3) is 0.412. The maximum Gasteiger partial charge on any atom is 0.00684 e. The van der Waals surface area contributed by atoms with Crippen molar-refractivity contribution < 1.29 is 0 Å². The largest absolute Gasteiger partial charge is 0.313 e. The highest BCUT2D eigenvalue weighted by Crippen LogP contribution is 2.25. The van der Waals surface area contributed by atoms with Crippen molar-refractivity contribution in [2.45, 2.75) is 38.1 Å². The SMILES string of the molecule is Cc1ccc(C(CNC2CC2)Cc2ccsc2)cc1. The lowest BCUT2D eigenvalue weighted by Gasteiger charge is -2.18. The molecule has 1 nitrogen and oxygen atoms in total. The lowest BCUT2D eigenvalue weighted by Crippen LogP contribution is -2.24. The van der Waals surface area contributed by atoms with Crippen LogP contribution in [0.3, 0.4) is 0 Å². The van der Waals surface area contributed by atoms with Crippen molar-refractivity contribution in [1.82, 2.24) is 5.32 Å². The number of hydrogen-bond acceptors (Lipinski definition) is 2. The van der Waals surface area contributed by atoms with Gasteiger partial charge < -0.3 is 5.32 Å². The Hall–Kier alpha value is -1.12. The molecule has 1 unspecified atom stereocenters. The van der Waals surface area contributed by atoms with Gasteiger partial charge in [-0.1, -0.05) is 29.8 Å². The van der Waals surface area contributed by atoms with Crippen LogP contribution in [0.15, 0.2) is 41.1 Å². The van der Waals surface area contributed by atoms with Gasteiger partial charge in [0.25, 0.3) is 0 Å². The van der Waals surface area contributed by atoms with Crippen LogP contribution in [0.25, 0.3) is 0 Å². The molecular formula is C17H21NS. The van der Waals surface area contributed by atoms with Crippen molar-refractivity contribution in [2.75, 3.05) is 6.54 Å². The van der Waals surface area contributed by atoms with Crippen LogP contribution in [-0.4, -0.2) is 12.6 Å². The fourth-order valence-electron chi connectivity index (χ4n) is 2.44. The molecule has 0 amide bonds. The second-order valence-electron chi connectivity index (χ2n) is 5.63. The first-order valence-electron chi connectivity index (χ1n) is 7.12. The number of hydrogen-bond donors (Lipinski definition) is 1. The number of nitrogens with one attached hydrogen (secondary N) is 1. The Morgan fingerprint density at radius 1 is 1.21 bits per heavy atom. The van der Waals surface area contributed by atoms with Gasteiger partial charge in [0.05, 0.1) is 0 Å². The molecule has 2 aromatic rings. The highest BCUT2D eigenvalue weighted by atomic mass is 32.1. The van der Waals surface area contributed by atoms with Crippen molar-refractivity contribution >= 4 is 11.3 Å². The van der Waals surface area contributed by atoms with E-state index < -0.39 is 0 Å². The van der Waals surface area contributed by atoms with E-state index in [1.165, 1.54) is 29.5 Å². The van der Waals surface area contributed by atoms with Gasteiger partial charge in [0.1, 0.15) is 0 Å². The third kappa shape index (κ3) is 3.68. The Balaban J connectivity index is 1.71. The lowest BCUT2D eigenvalue weighted by atomic mass is 9.92. The Kier molecular flexibility index (Phi) is 4.00. The van der Waals surface area contributed by atoms with Crippen molar-refractivity contribution in [3.63, 3.8) is 0 Å². The van der Waals surface area contributed by atoms with Crippen LogP contribution in [0.2, 0.25) is 0 Å². The van der Waals surface area contributed by atoms with E-state index in [1.807, 2.05) is 0 Å². The van der Waals surface area contributed by atoms with E-state index in [9.17, 15) is 0 Å². The Labute approximate surface area is 119 Å². The fourth-order valence-corrected chi connectivity index (χ4v) is 3.12. The molecule has 1 aliphatic carbocycles. The zero-order valence-electron chi connectivity index (χ0n) is 11.4. The molecule has 0 bridgehead atoms. The van der Waals surface area contributed by atoms with Gasteiger partial charge in [-0.25, -0.2) is 0 Å². The second-order valence-corrected chi connectivity index (χ2v) is 6.41. The first-order valence-corrected chi connectivity index (χ1v) is 8.06. The zero-order chi connectivity index (χ0) is 13.1. The predicted octanol–water partition coefficient (Wildman–Crippen LogP) is 4.13. The average molecular weight is 271 g/mol. The number of rotatable bonds is 6. The predicted molar refractivity (Wildman–Crippen MR) is 83.0 cm³/mol. The normalized spacial score (nSPS) is 16.5. The van der Waals surface area contributed by atoms with E-state index in [1.54, 1.807) is 11.3 Å². The van der Waals surface area contributed by atoms with Gasteiger partial charge in [0, 0.05) is 18.5 Å². The molecule has 100 valence electrons. The molecule has 1 heterocycles. The smallest absolute Gasteiger partial charge is 0.00684 e. The van der Waals surface area contributed by atoms with Crippen LogP contribution in [0.4, 0.5) is 0 Å². The lowest BCUT2D eigenvalue weighted by molar-refractivity contribution is 0.577. The highest BCUT2D eigenvalue weighted by Gasteiger charge is 2.22. The molecule has 0 aliphatic heterocycles. The van der Waals surface area contributed by atoms with Gasteiger partial charge in [-0.2, -0.15) is 11.3 Å². The van der Waals surface area contributed by atoms with E-state index in [4.69, 9.17) is 0 Å². The highest BCUT2D eigenvalue weighted by molar-refractivity contribution is 7.07. The van der Waals surface area contributed by atoms with Crippen LogP contribution >= 0.6 is 11.3 Å². The molecule has 1 saturated carbocycles. The molecule has 1 aliphatic rings. The van der Waals surface area contributed by atoms with Crippen LogP contribution in [0, 0.1) is 6.92 Å². The first-order chi connectivity index (χ1) is 9.31. The molecule has 2 heteroatoms. The Bertz CT molecular complexity index is 497. The topological polar surface area (TPSA) is 12.0 Å². The van der Waals surface area contributed by atoms with Crippen LogP contribution in [0.1, 0.15) is 35.4 Å². The molecule has 1 aromatic heterocycles. The van der Waals surface area contributed by atoms with Crippen molar-refractivity contribution in [1.29, 1.82) is 0 Å². The minimum absolute atomic E-state index is 0.593. The quantitative estimate of drug-likeness (QED) is 0.833. The summed E-state index contributed by atoms with van der Waals surface area (Å²) in [4.78, 5) is 0. The van der Waals surface area contributed by atoms with Gasteiger partial charge in [-0.05, 0) is 54.1 Å². The van der Waals surface area contributed by atoms with Gasteiger partial charge >= 0.3 is 0 Å². The standard InChI is InChI=1S/C17H21NS/c1-13-2-4-15(5-3-13)16(11-18-17-6-7-17)10-14-8-9-19-12-14/h2-5,8-9,12,16-18H,6-7,10-11H2,1H3. The first kappa shape index (κ1) is 12.9. The monoisotopic (exact) mass is 271 g/mol. The van der Waals surface area contributed by atoms with E-state index >= 15 is 0 Å². The van der Waals surface area contributed by atoms with Crippen LogP contribution in [-0.2, 0) is 6.42 Å². The molecule has 1 atom stereocenters. The van der Waals surface area contributed by atoms with E-state index in [0.29, 0.717) is 5.92 Å². The number of benzene rings is 1. The average Bonchev–Trinajstić information content (AvgIpc) is 3.11. The molecule has 1 aromatic carbocycles. The number of aryl methyl sites for hydroxylation is 1. The number of thiophene rings is 1. The Morgan fingerprint density at radius 3 is 2.63 bits per heavy atom. The summed E-state index contributed by atoms with van der Waals surface area (Å²) in [5.74, 6) is 0.593.